The van der Waals surface area contributed by atoms with E-state index in [9.17, 15) is 5.11 Å². The smallest absolute Gasteiger partial charge is 0.191 e. The zero-order valence-corrected chi connectivity index (χ0v) is 19.9. The zero-order chi connectivity index (χ0) is 22.1. The maximum atomic E-state index is 10.8. The van der Waals surface area contributed by atoms with Gasteiger partial charge in [0.1, 0.15) is 5.60 Å². The Bertz CT molecular complexity index is 812. The molecule has 3 rings (SSSR count). The van der Waals surface area contributed by atoms with Crippen molar-refractivity contribution in [3.8, 4) is 0 Å². The van der Waals surface area contributed by atoms with Crippen molar-refractivity contribution in [3.63, 3.8) is 0 Å². The van der Waals surface area contributed by atoms with Crippen LogP contribution in [-0.4, -0.2) is 53.7 Å². The summed E-state index contributed by atoms with van der Waals surface area (Å²) in [6, 6.07) is 9.73. The van der Waals surface area contributed by atoms with E-state index in [-0.39, 0.29) is 0 Å². The lowest BCUT2D eigenvalue weighted by Gasteiger charge is -2.32. The number of thiazole rings is 1. The van der Waals surface area contributed by atoms with Gasteiger partial charge < -0.3 is 15.7 Å². The van der Waals surface area contributed by atoms with E-state index in [0.717, 1.165) is 50.7 Å². The van der Waals surface area contributed by atoms with Crippen molar-refractivity contribution in [2.24, 2.45) is 10.9 Å². The molecule has 6 nitrogen and oxygen atoms in total. The molecule has 1 saturated heterocycles. The minimum Gasteiger partial charge on any atom is -0.384 e. The molecule has 1 aromatic heterocycles. The van der Waals surface area contributed by atoms with Gasteiger partial charge in [-0.3, -0.25) is 4.90 Å². The molecule has 170 valence electrons. The number of benzene rings is 1. The molecule has 1 aromatic carbocycles. The third-order valence-electron chi connectivity index (χ3n) is 5.84. The molecular formula is C24H37N5OS. The van der Waals surface area contributed by atoms with E-state index in [1.807, 2.05) is 37.3 Å². The normalized spacial score (nSPS) is 18.0. The Morgan fingerprint density at radius 3 is 2.61 bits per heavy atom. The van der Waals surface area contributed by atoms with E-state index in [1.54, 1.807) is 11.3 Å². The number of nitrogens with zero attached hydrogens (tertiary/aromatic N) is 3. The van der Waals surface area contributed by atoms with Gasteiger partial charge in [-0.25, -0.2) is 9.98 Å². The molecule has 1 atom stereocenters. The Hall–Kier alpha value is -1.96. The lowest BCUT2D eigenvalue weighted by molar-refractivity contribution is 0.0672. The first-order valence-corrected chi connectivity index (χ1v) is 12.3. The Labute approximate surface area is 190 Å². The minimum absolute atomic E-state index is 0.318. The van der Waals surface area contributed by atoms with Crippen molar-refractivity contribution in [3.05, 3.63) is 52.0 Å². The summed E-state index contributed by atoms with van der Waals surface area (Å²) < 4.78 is 0. The summed E-state index contributed by atoms with van der Waals surface area (Å²) in [6.07, 6.45) is 3.38. The maximum absolute atomic E-state index is 10.8. The molecule has 0 radical (unpaired) electrons. The first-order valence-electron chi connectivity index (χ1n) is 11.5. The molecule has 1 aliphatic heterocycles. The number of rotatable bonds is 9. The van der Waals surface area contributed by atoms with Crippen LogP contribution in [0.25, 0.3) is 0 Å². The number of piperidine rings is 1. The lowest BCUT2D eigenvalue weighted by atomic mass is 9.96. The Morgan fingerprint density at radius 1 is 1.23 bits per heavy atom. The number of aryl methyl sites for hydroxylation is 1. The molecule has 0 amide bonds. The molecule has 2 aromatic rings. The summed E-state index contributed by atoms with van der Waals surface area (Å²) in [5.74, 6) is 1.41. The number of guanidine groups is 1. The Balaban J connectivity index is 1.45. The van der Waals surface area contributed by atoms with E-state index in [0.29, 0.717) is 12.5 Å². The van der Waals surface area contributed by atoms with Gasteiger partial charge in [-0.15, -0.1) is 11.3 Å². The molecule has 3 N–H and O–H groups in total. The van der Waals surface area contributed by atoms with Crippen molar-refractivity contribution in [1.29, 1.82) is 0 Å². The molecule has 31 heavy (non-hydrogen) atoms. The fourth-order valence-corrected chi connectivity index (χ4v) is 4.60. The average Bonchev–Trinajstić information content (AvgIpc) is 3.25. The third kappa shape index (κ3) is 7.30. The van der Waals surface area contributed by atoms with Crippen molar-refractivity contribution in [1.82, 2.24) is 20.5 Å². The van der Waals surface area contributed by atoms with Crippen LogP contribution in [0.15, 0.2) is 40.7 Å². The summed E-state index contributed by atoms with van der Waals surface area (Å²) in [7, 11) is 0. The van der Waals surface area contributed by atoms with Crippen LogP contribution in [0.3, 0.4) is 0 Å². The molecular weight excluding hydrogens is 406 g/mol. The first-order chi connectivity index (χ1) is 15.0. The molecule has 1 fully saturated rings. The van der Waals surface area contributed by atoms with E-state index in [1.165, 1.54) is 23.5 Å². The number of hydrogen-bond acceptors (Lipinski definition) is 5. The van der Waals surface area contributed by atoms with Crippen LogP contribution in [0.2, 0.25) is 0 Å². The van der Waals surface area contributed by atoms with E-state index in [2.05, 4.69) is 39.8 Å². The molecule has 0 aliphatic carbocycles. The third-order valence-corrected chi connectivity index (χ3v) is 6.88. The van der Waals surface area contributed by atoms with Crippen molar-refractivity contribution in [2.75, 3.05) is 32.7 Å². The van der Waals surface area contributed by atoms with Crippen molar-refractivity contribution in [2.45, 2.75) is 52.2 Å². The molecule has 2 heterocycles. The highest BCUT2D eigenvalue weighted by Gasteiger charge is 2.23. The van der Waals surface area contributed by atoms with Gasteiger partial charge in [0.2, 0.25) is 0 Å². The van der Waals surface area contributed by atoms with Gasteiger partial charge in [0.05, 0.1) is 17.2 Å². The highest BCUT2D eigenvalue weighted by molar-refractivity contribution is 7.09. The highest BCUT2D eigenvalue weighted by atomic mass is 32.1. The van der Waals surface area contributed by atoms with E-state index in [4.69, 9.17) is 4.98 Å². The van der Waals surface area contributed by atoms with E-state index < -0.39 is 5.60 Å². The SMILES string of the molecule is CCNC(=NCC(C)(O)c1ccccc1)NCC1CCN(Cc2csc(CC)n2)CC1. The van der Waals surface area contributed by atoms with Crippen LogP contribution < -0.4 is 10.6 Å². The molecule has 1 unspecified atom stereocenters. The second-order valence-corrected chi connectivity index (χ2v) is 9.46. The lowest BCUT2D eigenvalue weighted by Crippen LogP contribution is -2.43. The summed E-state index contributed by atoms with van der Waals surface area (Å²) in [5, 5.41) is 21.0. The van der Waals surface area contributed by atoms with Crippen LogP contribution in [0.5, 0.6) is 0 Å². The highest BCUT2D eigenvalue weighted by Crippen LogP contribution is 2.21. The Kier molecular flexibility index (Phi) is 8.87. The van der Waals surface area contributed by atoms with Gasteiger partial charge in [-0.2, -0.15) is 0 Å². The maximum Gasteiger partial charge on any atom is 0.191 e. The van der Waals surface area contributed by atoms with Gasteiger partial charge >= 0.3 is 0 Å². The zero-order valence-electron chi connectivity index (χ0n) is 19.1. The topological polar surface area (TPSA) is 72.8 Å². The van der Waals surface area contributed by atoms with Crippen LogP contribution in [0.1, 0.15) is 49.9 Å². The predicted molar refractivity (Wildman–Crippen MR) is 129 cm³/mol. The summed E-state index contributed by atoms with van der Waals surface area (Å²) >= 11 is 1.77. The van der Waals surface area contributed by atoms with Gasteiger partial charge in [-0.1, -0.05) is 37.3 Å². The molecule has 0 bridgehead atoms. The number of likely N-dealkylation sites (tertiary alicyclic amines) is 1. The van der Waals surface area contributed by atoms with Crippen LogP contribution in [0, 0.1) is 5.92 Å². The van der Waals surface area contributed by atoms with Crippen molar-refractivity contribution >= 4 is 17.3 Å². The number of aliphatic hydroxyl groups is 1. The Morgan fingerprint density at radius 2 is 1.97 bits per heavy atom. The van der Waals surface area contributed by atoms with Crippen LogP contribution in [-0.2, 0) is 18.6 Å². The largest absolute Gasteiger partial charge is 0.384 e. The second kappa shape index (κ2) is 11.6. The molecule has 0 saturated carbocycles. The molecule has 1 aliphatic rings. The van der Waals surface area contributed by atoms with Crippen LogP contribution >= 0.6 is 11.3 Å². The first kappa shape index (κ1) is 23.7. The number of nitrogens with one attached hydrogen (secondary N) is 2. The van der Waals surface area contributed by atoms with Crippen LogP contribution in [0.4, 0.5) is 0 Å². The molecule has 7 heteroatoms. The monoisotopic (exact) mass is 443 g/mol. The molecule has 0 spiro atoms. The number of aliphatic imine (C=N–C) groups is 1. The standard InChI is InChI=1S/C24H37N5OS/c1-4-22-28-21(17-31-22)16-29-13-11-19(12-14-29)15-26-23(25-5-2)27-18-24(3,30)20-9-7-6-8-10-20/h6-10,17,19,30H,4-5,11-16,18H2,1-3H3,(H2,25,26,27). The quantitative estimate of drug-likeness (QED) is 0.409. The van der Waals surface area contributed by atoms with Gasteiger partial charge in [0, 0.05) is 25.0 Å². The van der Waals surface area contributed by atoms with Gasteiger partial charge in [-0.05, 0) is 57.7 Å². The number of hydrogen-bond donors (Lipinski definition) is 3. The second-order valence-electron chi connectivity index (χ2n) is 8.52. The van der Waals surface area contributed by atoms with Gasteiger partial charge in [0.15, 0.2) is 5.96 Å². The minimum atomic E-state index is -0.984. The predicted octanol–water partition coefficient (Wildman–Crippen LogP) is 3.38. The summed E-state index contributed by atoms with van der Waals surface area (Å²) in [6.45, 7) is 11.3. The van der Waals surface area contributed by atoms with E-state index >= 15 is 0 Å². The average molecular weight is 444 g/mol. The summed E-state index contributed by atoms with van der Waals surface area (Å²) in [5.41, 5.74) is 1.11. The summed E-state index contributed by atoms with van der Waals surface area (Å²) in [4.78, 5) is 11.9. The van der Waals surface area contributed by atoms with Crippen molar-refractivity contribution < 1.29 is 5.11 Å². The van der Waals surface area contributed by atoms with Gasteiger partial charge in [0.25, 0.3) is 0 Å². The number of aromatic nitrogens is 1. The fraction of sp³-hybridized carbons (Fsp3) is 0.583. The fourth-order valence-electron chi connectivity index (χ4n) is 3.87.